The molecule has 0 saturated carbocycles. The molecule has 0 aromatic heterocycles. The maximum Gasteiger partial charge on any atom is 0.0213 e. The van der Waals surface area contributed by atoms with Crippen molar-refractivity contribution in [2.45, 2.75) is 50.1 Å². The molecule has 0 fully saturated rings. The summed E-state index contributed by atoms with van der Waals surface area (Å²) < 4.78 is 1.45. The SMILES string of the molecule is CCCCC[CH2][Sn].C[SiH]C. The van der Waals surface area contributed by atoms with Crippen molar-refractivity contribution in [1.29, 1.82) is 0 Å². The first kappa shape index (κ1) is 13.6. The summed E-state index contributed by atoms with van der Waals surface area (Å²) in [4.78, 5) is 0. The van der Waals surface area contributed by atoms with Gasteiger partial charge in [0.25, 0.3) is 0 Å². The molecule has 0 amide bonds. The van der Waals surface area contributed by atoms with Crippen molar-refractivity contribution in [3.8, 4) is 0 Å². The molecule has 4 radical (unpaired) electrons. The summed E-state index contributed by atoms with van der Waals surface area (Å²) in [6.45, 7) is 6.67. The summed E-state index contributed by atoms with van der Waals surface area (Å²) in [5.74, 6) is 0. The first-order valence-electron chi connectivity index (χ1n) is 4.22. The Kier molecular flexibility index (Phi) is 22.5. The molecular formula is C8H20SiSn. The monoisotopic (exact) mass is 264 g/mol. The van der Waals surface area contributed by atoms with Gasteiger partial charge in [0, 0.05) is 9.52 Å². The van der Waals surface area contributed by atoms with E-state index in [4.69, 9.17) is 0 Å². The molecule has 0 aromatic rings. The number of hydrogen-bond acceptors (Lipinski definition) is 0. The minimum absolute atomic E-state index is 0.750. The minimum atomic E-state index is 0.750. The van der Waals surface area contributed by atoms with Crippen LogP contribution in [0.25, 0.3) is 0 Å². The van der Waals surface area contributed by atoms with Crippen molar-refractivity contribution in [2.75, 3.05) is 0 Å². The molecule has 0 unspecified atom stereocenters. The van der Waals surface area contributed by atoms with Gasteiger partial charge in [0.1, 0.15) is 0 Å². The summed E-state index contributed by atoms with van der Waals surface area (Å²) in [5, 5.41) is 0. The summed E-state index contributed by atoms with van der Waals surface area (Å²) in [6, 6.07) is 0. The van der Waals surface area contributed by atoms with Gasteiger partial charge >= 0.3 is 59.6 Å². The number of rotatable bonds is 4. The zero-order valence-electron chi connectivity index (χ0n) is 7.61. The topological polar surface area (TPSA) is 0 Å². The molecule has 10 heavy (non-hydrogen) atoms. The van der Waals surface area contributed by atoms with Crippen LogP contribution in [0.1, 0.15) is 32.6 Å². The van der Waals surface area contributed by atoms with E-state index in [0.29, 0.717) is 0 Å². The van der Waals surface area contributed by atoms with Crippen molar-refractivity contribution in [3.63, 3.8) is 0 Å². The van der Waals surface area contributed by atoms with Crippen LogP contribution in [0.2, 0.25) is 17.5 Å². The van der Waals surface area contributed by atoms with E-state index in [1.165, 1.54) is 30.1 Å². The smallest absolute Gasteiger partial charge is 0.0213 e. The van der Waals surface area contributed by atoms with Crippen LogP contribution in [-0.2, 0) is 0 Å². The molecule has 0 aromatic carbocycles. The van der Waals surface area contributed by atoms with Crippen LogP contribution >= 0.6 is 0 Å². The van der Waals surface area contributed by atoms with Gasteiger partial charge in [-0.25, -0.2) is 0 Å². The molecule has 0 aliphatic rings. The molecule has 2 heteroatoms. The quantitative estimate of drug-likeness (QED) is 0.540. The molecular weight excluding hydrogens is 243 g/mol. The van der Waals surface area contributed by atoms with E-state index in [2.05, 4.69) is 20.0 Å². The van der Waals surface area contributed by atoms with E-state index in [-0.39, 0.29) is 0 Å². The molecule has 0 nitrogen and oxygen atoms in total. The summed E-state index contributed by atoms with van der Waals surface area (Å²) in [7, 11) is 0.750. The van der Waals surface area contributed by atoms with Crippen LogP contribution < -0.4 is 0 Å². The summed E-state index contributed by atoms with van der Waals surface area (Å²) >= 11 is 1.70. The molecule has 0 N–H and O–H groups in total. The van der Waals surface area contributed by atoms with Crippen LogP contribution in [-0.4, -0.2) is 32.0 Å². The second-order valence-electron chi connectivity index (χ2n) is 2.39. The van der Waals surface area contributed by atoms with Crippen molar-refractivity contribution < 1.29 is 0 Å². The molecule has 0 rings (SSSR count). The first-order valence-corrected chi connectivity index (χ1v) is 8.54. The van der Waals surface area contributed by atoms with Crippen molar-refractivity contribution in [3.05, 3.63) is 0 Å². The summed E-state index contributed by atoms with van der Waals surface area (Å²) in [6.07, 6.45) is 5.73. The Bertz CT molecular complexity index is 36.2. The predicted octanol–water partition coefficient (Wildman–Crippen LogP) is 2.67. The first-order chi connectivity index (χ1) is 4.83. The third-order valence-electron chi connectivity index (χ3n) is 1.03. The Balaban J connectivity index is 0. The van der Waals surface area contributed by atoms with Gasteiger partial charge in [0.2, 0.25) is 0 Å². The molecule has 0 spiro atoms. The van der Waals surface area contributed by atoms with E-state index in [0.717, 1.165) is 9.52 Å². The van der Waals surface area contributed by atoms with Crippen LogP contribution in [0.4, 0.5) is 0 Å². The molecule has 0 aliphatic heterocycles. The fourth-order valence-corrected chi connectivity index (χ4v) is 1.27. The largest absolute Gasteiger partial charge is 0.0743 e. The van der Waals surface area contributed by atoms with E-state index >= 15 is 0 Å². The average molecular weight is 263 g/mol. The predicted molar refractivity (Wildman–Crippen MR) is 53.6 cm³/mol. The van der Waals surface area contributed by atoms with Gasteiger partial charge in [-0.1, -0.05) is 13.1 Å². The maximum absolute atomic E-state index is 2.25. The van der Waals surface area contributed by atoms with Crippen molar-refractivity contribution in [1.82, 2.24) is 0 Å². The van der Waals surface area contributed by atoms with E-state index < -0.39 is 0 Å². The zero-order chi connectivity index (χ0) is 8.24. The Labute approximate surface area is 82.1 Å². The van der Waals surface area contributed by atoms with Gasteiger partial charge in [-0.15, -0.1) is 0 Å². The third-order valence-corrected chi connectivity index (χ3v) is 2.04. The Morgan fingerprint density at radius 3 is 1.90 bits per heavy atom. The standard InChI is InChI=1S/C6H13.C2H7Si.Sn/c1-3-5-6-4-2;1-3-2;/h1,3-6H2,2H3;3H,1-2H3;. The molecule has 0 aliphatic carbocycles. The molecule has 0 atom stereocenters. The second-order valence-corrected chi connectivity index (χ2v) is 4.97. The van der Waals surface area contributed by atoms with Gasteiger partial charge in [0.15, 0.2) is 0 Å². The minimum Gasteiger partial charge on any atom is -0.0743 e. The van der Waals surface area contributed by atoms with Gasteiger partial charge in [-0.3, -0.25) is 0 Å². The van der Waals surface area contributed by atoms with Crippen LogP contribution in [0.3, 0.4) is 0 Å². The fraction of sp³-hybridized carbons (Fsp3) is 1.00. The average Bonchev–Trinajstić information content (AvgIpc) is 1.91. The second kappa shape index (κ2) is 16.5. The zero-order valence-corrected chi connectivity index (χ0v) is 11.6. The van der Waals surface area contributed by atoms with E-state index in [1.54, 1.807) is 22.5 Å². The van der Waals surface area contributed by atoms with Crippen LogP contribution in [0.5, 0.6) is 0 Å². The third kappa shape index (κ3) is 23.0. The number of unbranched alkanes of at least 4 members (excludes halogenated alkanes) is 3. The molecule has 0 heterocycles. The van der Waals surface area contributed by atoms with Crippen molar-refractivity contribution >= 4 is 32.0 Å². The Hall–Kier alpha value is 1.02. The van der Waals surface area contributed by atoms with E-state index in [9.17, 15) is 0 Å². The fourth-order valence-electron chi connectivity index (χ4n) is 0.552. The number of hydrogen-bond donors (Lipinski definition) is 0. The van der Waals surface area contributed by atoms with Crippen LogP contribution in [0.15, 0.2) is 0 Å². The van der Waals surface area contributed by atoms with Gasteiger partial charge in [-0.05, 0) is 0 Å². The van der Waals surface area contributed by atoms with Gasteiger partial charge in [-0.2, -0.15) is 0 Å². The Morgan fingerprint density at radius 1 is 1.10 bits per heavy atom. The van der Waals surface area contributed by atoms with Crippen LogP contribution in [0, 0.1) is 0 Å². The normalized spacial score (nSPS) is 8.40. The van der Waals surface area contributed by atoms with E-state index in [1.807, 2.05) is 0 Å². The van der Waals surface area contributed by atoms with Crippen molar-refractivity contribution in [2.24, 2.45) is 0 Å². The van der Waals surface area contributed by atoms with Gasteiger partial charge in [0.05, 0.1) is 0 Å². The summed E-state index contributed by atoms with van der Waals surface area (Å²) in [5.41, 5.74) is 0. The molecule has 60 valence electrons. The Morgan fingerprint density at radius 2 is 1.60 bits per heavy atom. The van der Waals surface area contributed by atoms with Gasteiger partial charge < -0.3 is 0 Å². The molecule has 0 bridgehead atoms. The maximum atomic E-state index is 2.25. The molecule has 0 saturated heterocycles.